The van der Waals surface area contributed by atoms with Gasteiger partial charge in [0.15, 0.2) is 5.82 Å². The van der Waals surface area contributed by atoms with Crippen molar-refractivity contribution in [3.05, 3.63) is 30.1 Å². The van der Waals surface area contributed by atoms with Crippen LogP contribution in [0, 0.1) is 0 Å². The first-order chi connectivity index (χ1) is 11.8. The second-order valence-corrected chi connectivity index (χ2v) is 7.61. The number of piperazine rings is 1. The lowest BCUT2D eigenvalue weighted by Gasteiger charge is -2.35. The van der Waals surface area contributed by atoms with Gasteiger partial charge >= 0.3 is 0 Å². The quantitative estimate of drug-likeness (QED) is 0.845. The third-order valence-electron chi connectivity index (χ3n) is 4.39. The van der Waals surface area contributed by atoms with Crippen molar-refractivity contribution in [2.45, 2.75) is 26.2 Å². The highest BCUT2D eigenvalue weighted by Gasteiger charge is 2.22. The highest BCUT2D eigenvalue weighted by molar-refractivity contribution is 5.45. The van der Waals surface area contributed by atoms with Gasteiger partial charge in [-0.15, -0.1) is 5.10 Å². The Labute approximate surface area is 149 Å². The lowest BCUT2D eigenvalue weighted by atomic mass is 9.92. The molecule has 0 aromatic carbocycles. The molecule has 1 aliphatic rings. The summed E-state index contributed by atoms with van der Waals surface area (Å²) in [5.74, 6) is 2.66. The number of nitrogens with zero attached hydrogens (tertiary/aromatic N) is 7. The van der Waals surface area contributed by atoms with Crippen LogP contribution in [0.4, 0.5) is 17.6 Å². The van der Waals surface area contributed by atoms with Crippen LogP contribution < -0.4 is 14.7 Å². The van der Waals surface area contributed by atoms with Gasteiger partial charge in [0.05, 0.1) is 5.69 Å². The van der Waals surface area contributed by atoms with E-state index in [-0.39, 0.29) is 5.41 Å². The third kappa shape index (κ3) is 3.97. The van der Waals surface area contributed by atoms with Crippen LogP contribution in [0.1, 0.15) is 26.5 Å². The summed E-state index contributed by atoms with van der Waals surface area (Å²) in [6, 6.07) is 6.08. The Balaban J connectivity index is 1.65. The van der Waals surface area contributed by atoms with Crippen molar-refractivity contribution in [3.8, 4) is 0 Å². The predicted octanol–water partition coefficient (Wildman–Crippen LogP) is 1.96. The zero-order valence-electron chi connectivity index (χ0n) is 15.8. The van der Waals surface area contributed by atoms with Crippen LogP contribution in [0.25, 0.3) is 0 Å². The molecular formula is C18H27N7. The molecule has 0 radical (unpaired) electrons. The summed E-state index contributed by atoms with van der Waals surface area (Å²) < 4.78 is 0. The topological polar surface area (TPSA) is 61.3 Å². The van der Waals surface area contributed by atoms with Gasteiger partial charge in [-0.2, -0.15) is 10.1 Å². The van der Waals surface area contributed by atoms with Gasteiger partial charge < -0.3 is 14.7 Å². The molecule has 3 heterocycles. The van der Waals surface area contributed by atoms with E-state index < -0.39 is 0 Å². The zero-order chi connectivity index (χ0) is 18.0. The molecular weight excluding hydrogens is 314 g/mol. The number of rotatable bonds is 3. The third-order valence-corrected chi connectivity index (χ3v) is 4.39. The normalized spacial score (nSPS) is 15.4. The zero-order valence-corrected chi connectivity index (χ0v) is 15.8. The van der Waals surface area contributed by atoms with Crippen molar-refractivity contribution in [3.63, 3.8) is 0 Å². The van der Waals surface area contributed by atoms with E-state index in [1.165, 1.54) is 0 Å². The molecule has 0 saturated carbocycles. The highest BCUT2D eigenvalue weighted by atomic mass is 15.4. The Bertz CT molecular complexity index is 698. The molecule has 1 aliphatic heterocycles. The molecule has 0 bridgehead atoms. The fourth-order valence-corrected chi connectivity index (χ4v) is 2.77. The lowest BCUT2D eigenvalue weighted by Crippen LogP contribution is -2.47. The van der Waals surface area contributed by atoms with E-state index in [0.717, 1.165) is 49.5 Å². The average Bonchev–Trinajstić information content (AvgIpc) is 2.61. The summed E-state index contributed by atoms with van der Waals surface area (Å²) in [4.78, 5) is 15.5. The van der Waals surface area contributed by atoms with E-state index >= 15 is 0 Å². The summed E-state index contributed by atoms with van der Waals surface area (Å²) in [6.07, 6.45) is 1.82. The van der Waals surface area contributed by atoms with Crippen molar-refractivity contribution in [2.75, 3.05) is 55.0 Å². The van der Waals surface area contributed by atoms with Crippen molar-refractivity contribution in [2.24, 2.45) is 0 Å². The fourth-order valence-electron chi connectivity index (χ4n) is 2.77. The van der Waals surface area contributed by atoms with Gasteiger partial charge in [0.25, 0.3) is 0 Å². The van der Waals surface area contributed by atoms with Crippen LogP contribution in [0.5, 0.6) is 0 Å². The van der Waals surface area contributed by atoms with Crippen LogP contribution >= 0.6 is 0 Å². The first-order valence-corrected chi connectivity index (χ1v) is 8.69. The molecule has 7 nitrogen and oxygen atoms in total. The van der Waals surface area contributed by atoms with Crippen LogP contribution in [0.3, 0.4) is 0 Å². The van der Waals surface area contributed by atoms with Crippen LogP contribution in [0.15, 0.2) is 24.4 Å². The van der Waals surface area contributed by atoms with E-state index in [1.807, 2.05) is 31.3 Å². The fraction of sp³-hybridized carbons (Fsp3) is 0.556. The van der Waals surface area contributed by atoms with Crippen LogP contribution in [-0.4, -0.2) is 60.4 Å². The molecule has 1 saturated heterocycles. The van der Waals surface area contributed by atoms with Gasteiger partial charge in [0, 0.05) is 51.9 Å². The van der Waals surface area contributed by atoms with E-state index in [4.69, 9.17) is 0 Å². The van der Waals surface area contributed by atoms with Crippen LogP contribution in [-0.2, 0) is 5.41 Å². The maximum Gasteiger partial charge on any atom is 0.227 e. The van der Waals surface area contributed by atoms with Gasteiger partial charge in [-0.25, -0.2) is 4.98 Å². The Morgan fingerprint density at radius 3 is 2.16 bits per heavy atom. The average molecular weight is 341 g/mol. The molecule has 3 rings (SSSR count). The molecule has 2 aromatic heterocycles. The minimum Gasteiger partial charge on any atom is -0.363 e. The number of anilines is 3. The van der Waals surface area contributed by atoms with Crippen molar-refractivity contribution >= 4 is 17.6 Å². The summed E-state index contributed by atoms with van der Waals surface area (Å²) >= 11 is 0. The van der Waals surface area contributed by atoms with E-state index in [1.54, 1.807) is 0 Å². The van der Waals surface area contributed by atoms with Crippen LogP contribution in [0.2, 0.25) is 0 Å². The van der Waals surface area contributed by atoms with E-state index in [0.29, 0.717) is 0 Å². The Hall–Kier alpha value is -2.44. The highest BCUT2D eigenvalue weighted by Crippen LogP contribution is 2.22. The Morgan fingerprint density at radius 1 is 0.920 bits per heavy atom. The molecule has 0 aliphatic carbocycles. The minimum atomic E-state index is 0.0268. The second kappa shape index (κ2) is 6.82. The number of aromatic nitrogens is 4. The Kier molecular flexibility index (Phi) is 4.74. The molecule has 0 atom stereocenters. The summed E-state index contributed by atoms with van der Waals surface area (Å²) in [6.45, 7) is 9.98. The first kappa shape index (κ1) is 17.4. The largest absolute Gasteiger partial charge is 0.363 e. The van der Waals surface area contributed by atoms with Crippen molar-refractivity contribution in [1.29, 1.82) is 0 Å². The molecule has 134 valence electrons. The molecule has 0 spiro atoms. The van der Waals surface area contributed by atoms with Gasteiger partial charge in [-0.3, -0.25) is 0 Å². The summed E-state index contributed by atoms with van der Waals surface area (Å²) in [5.41, 5.74) is 1.04. The standard InChI is InChI=1S/C18H27N7/c1-18(2,3)14-6-7-16(22-21-14)24-10-12-25(13-11-24)17-19-9-8-15(20-17)23(4)5/h6-9H,10-13H2,1-5H3. The number of hydrogen-bond acceptors (Lipinski definition) is 7. The van der Waals surface area contributed by atoms with E-state index in [2.05, 4.69) is 62.9 Å². The maximum absolute atomic E-state index is 4.63. The predicted molar refractivity (Wildman–Crippen MR) is 102 cm³/mol. The SMILES string of the molecule is CN(C)c1ccnc(N2CCN(c3ccc(C(C)(C)C)nn3)CC2)n1. The van der Waals surface area contributed by atoms with Crippen molar-refractivity contribution in [1.82, 2.24) is 20.2 Å². The lowest BCUT2D eigenvalue weighted by molar-refractivity contribution is 0.556. The van der Waals surface area contributed by atoms with Gasteiger partial charge in [-0.1, -0.05) is 20.8 Å². The van der Waals surface area contributed by atoms with E-state index in [9.17, 15) is 0 Å². The molecule has 0 unspecified atom stereocenters. The molecule has 2 aromatic rings. The van der Waals surface area contributed by atoms with Gasteiger partial charge in [0.1, 0.15) is 5.82 Å². The second-order valence-electron chi connectivity index (χ2n) is 7.61. The first-order valence-electron chi connectivity index (χ1n) is 8.69. The van der Waals surface area contributed by atoms with Crippen molar-refractivity contribution < 1.29 is 0 Å². The summed E-state index contributed by atoms with van der Waals surface area (Å²) in [5, 5.41) is 8.82. The maximum atomic E-state index is 4.63. The monoisotopic (exact) mass is 341 g/mol. The smallest absolute Gasteiger partial charge is 0.227 e. The minimum absolute atomic E-state index is 0.0268. The molecule has 25 heavy (non-hydrogen) atoms. The molecule has 0 N–H and O–H groups in total. The summed E-state index contributed by atoms with van der Waals surface area (Å²) in [7, 11) is 3.98. The van der Waals surface area contributed by atoms with Gasteiger partial charge in [-0.05, 0) is 18.2 Å². The molecule has 7 heteroatoms. The Morgan fingerprint density at radius 2 is 1.60 bits per heavy atom. The number of hydrogen-bond donors (Lipinski definition) is 0. The molecule has 1 fully saturated rings. The van der Waals surface area contributed by atoms with Gasteiger partial charge in [0.2, 0.25) is 5.95 Å². The molecule has 0 amide bonds.